The van der Waals surface area contributed by atoms with Gasteiger partial charge in [-0.15, -0.1) is 10.1 Å². The Hall–Kier alpha value is -3.71. The van der Waals surface area contributed by atoms with Gasteiger partial charge in [-0.05, 0) is 60.7 Å². The molecule has 0 bridgehead atoms. The summed E-state index contributed by atoms with van der Waals surface area (Å²) in [5.41, 5.74) is 5.83. The lowest BCUT2D eigenvalue weighted by Gasteiger charge is -2.15. The van der Waals surface area contributed by atoms with E-state index < -0.39 is 23.8 Å². The highest BCUT2D eigenvalue weighted by atomic mass is 35.5. The Bertz CT molecular complexity index is 1190. The summed E-state index contributed by atoms with van der Waals surface area (Å²) in [6, 6.07) is 18.8. The quantitative estimate of drug-likeness (QED) is 0.566. The fraction of sp³-hybridized carbons (Fsp3) is 0.160. The van der Waals surface area contributed by atoms with E-state index in [9.17, 15) is 14.0 Å². The van der Waals surface area contributed by atoms with Crippen molar-refractivity contribution in [2.24, 2.45) is 0 Å². The lowest BCUT2D eigenvalue weighted by molar-refractivity contribution is -0.596. The number of halogens is 2. The molecule has 3 aromatic carbocycles. The van der Waals surface area contributed by atoms with Crippen LogP contribution in [0.15, 0.2) is 72.8 Å². The van der Waals surface area contributed by atoms with Crippen LogP contribution in [0.5, 0.6) is 0 Å². The summed E-state index contributed by atoms with van der Waals surface area (Å²) in [5, 5.41) is 3.36. The van der Waals surface area contributed by atoms with Gasteiger partial charge in [-0.25, -0.2) is 4.39 Å². The molecule has 8 heteroatoms. The average molecular weight is 466 g/mol. The van der Waals surface area contributed by atoms with Crippen molar-refractivity contribution in [1.82, 2.24) is 10.7 Å². The Balaban J connectivity index is 1.68. The molecular weight excluding hydrogens is 443 g/mol. The van der Waals surface area contributed by atoms with Crippen LogP contribution >= 0.6 is 11.6 Å². The van der Waals surface area contributed by atoms with Crippen LogP contribution in [0.3, 0.4) is 0 Å². The van der Waals surface area contributed by atoms with Crippen molar-refractivity contribution >= 4 is 35.3 Å². The fourth-order valence-electron chi connectivity index (χ4n) is 3.69. The molecule has 0 aliphatic carbocycles. The van der Waals surface area contributed by atoms with Crippen LogP contribution in [-0.4, -0.2) is 42.9 Å². The first-order chi connectivity index (χ1) is 15.8. The summed E-state index contributed by atoms with van der Waals surface area (Å²) in [6.07, 6.45) is 1.82. The van der Waals surface area contributed by atoms with Gasteiger partial charge in [-0.2, -0.15) is 0 Å². The first-order valence-corrected chi connectivity index (χ1v) is 10.7. The molecule has 4 rings (SSSR count). The number of rotatable bonds is 5. The van der Waals surface area contributed by atoms with E-state index in [1.807, 2.05) is 61.6 Å². The molecule has 1 aliphatic heterocycles. The predicted octanol–water partition coefficient (Wildman–Crippen LogP) is 3.56. The van der Waals surface area contributed by atoms with E-state index in [0.717, 1.165) is 16.8 Å². The second kappa shape index (κ2) is 9.42. The number of hydrazone groups is 1. The Morgan fingerprint density at radius 2 is 1.67 bits per heavy atom. The van der Waals surface area contributed by atoms with Gasteiger partial charge in [-0.3, -0.25) is 9.59 Å². The zero-order valence-corrected chi connectivity index (χ0v) is 18.9. The molecule has 33 heavy (non-hydrogen) atoms. The molecule has 2 N–H and O–H groups in total. The number of hydrazine groups is 1. The third-order valence-electron chi connectivity index (χ3n) is 5.44. The summed E-state index contributed by atoms with van der Waals surface area (Å²) in [6.45, 7) is 0. The first kappa shape index (κ1) is 22.5. The minimum Gasteiger partial charge on any atom is -0.378 e. The smallest absolute Gasteiger partial charge is 0.304 e. The second-order valence-corrected chi connectivity index (χ2v) is 8.39. The highest BCUT2D eigenvalue weighted by molar-refractivity contribution is 6.30. The minimum absolute atomic E-state index is 0.265. The highest BCUT2D eigenvalue weighted by Crippen LogP contribution is 2.27. The molecule has 6 nitrogen and oxygen atoms in total. The molecule has 1 heterocycles. The average Bonchev–Trinajstić information content (AvgIpc) is 3.09. The van der Waals surface area contributed by atoms with E-state index in [2.05, 4.69) is 10.7 Å². The van der Waals surface area contributed by atoms with Crippen LogP contribution < -0.4 is 15.6 Å². The van der Waals surface area contributed by atoms with E-state index in [1.54, 1.807) is 16.8 Å². The number of hydrogen-bond donors (Lipinski definition) is 2. The number of benzene rings is 3. The molecular formula is C25H23ClFN4O2+. The summed E-state index contributed by atoms with van der Waals surface area (Å²) >= 11 is 6.06. The van der Waals surface area contributed by atoms with Gasteiger partial charge in [0.1, 0.15) is 5.82 Å². The van der Waals surface area contributed by atoms with Crippen molar-refractivity contribution in [3.8, 4) is 0 Å². The van der Waals surface area contributed by atoms with Crippen LogP contribution in [0.2, 0.25) is 5.02 Å². The number of amides is 2. The normalized spacial score (nSPS) is 18.8. The SMILES string of the molecule is CN(C)c1ccc(/C=[N+]2\NC(=O)[C@@H](NC(=O)c3ccc(F)cc3)[C@@H]2c2ccc(Cl)cc2)cc1. The molecule has 0 unspecified atom stereocenters. The van der Waals surface area contributed by atoms with Crippen molar-refractivity contribution in [3.05, 3.63) is 100 Å². The molecule has 168 valence electrons. The van der Waals surface area contributed by atoms with Crippen LogP contribution in [0.4, 0.5) is 10.1 Å². The maximum atomic E-state index is 13.2. The molecule has 0 saturated carbocycles. The van der Waals surface area contributed by atoms with Crippen LogP contribution in [0, 0.1) is 5.82 Å². The van der Waals surface area contributed by atoms with Gasteiger partial charge in [0.05, 0.1) is 0 Å². The molecule has 2 atom stereocenters. The third-order valence-corrected chi connectivity index (χ3v) is 5.69. The Morgan fingerprint density at radius 1 is 1.03 bits per heavy atom. The lowest BCUT2D eigenvalue weighted by Crippen LogP contribution is -2.42. The van der Waals surface area contributed by atoms with Crippen molar-refractivity contribution in [3.63, 3.8) is 0 Å². The monoisotopic (exact) mass is 465 g/mol. The summed E-state index contributed by atoms with van der Waals surface area (Å²) in [4.78, 5) is 27.7. The van der Waals surface area contributed by atoms with Gasteiger partial charge in [0.15, 0.2) is 6.04 Å². The fourth-order valence-corrected chi connectivity index (χ4v) is 3.81. The van der Waals surface area contributed by atoms with Gasteiger partial charge < -0.3 is 10.2 Å². The van der Waals surface area contributed by atoms with Gasteiger partial charge in [0, 0.05) is 41.5 Å². The number of carbonyl (C=O) groups excluding carboxylic acids is 2. The summed E-state index contributed by atoms with van der Waals surface area (Å²) in [5.74, 6) is -1.26. The van der Waals surface area contributed by atoms with E-state index in [4.69, 9.17) is 11.6 Å². The minimum atomic E-state index is -0.874. The van der Waals surface area contributed by atoms with E-state index >= 15 is 0 Å². The molecule has 1 saturated heterocycles. The predicted molar refractivity (Wildman–Crippen MR) is 126 cm³/mol. The molecule has 0 radical (unpaired) electrons. The first-order valence-electron chi connectivity index (χ1n) is 10.3. The Kier molecular flexibility index (Phi) is 6.42. The van der Waals surface area contributed by atoms with Gasteiger partial charge in [0.25, 0.3) is 5.91 Å². The third kappa shape index (κ3) is 5.04. The van der Waals surface area contributed by atoms with Gasteiger partial charge >= 0.3 is 5.91 Å². The molecule has 1 aliphatic rings. The number of nitrogens with one attached hydrogen (secondary N) is 2. The second-order valence-electron chi connectivity index (χ2n) is 7.95. The van der Waals surface area contributed by atoms with E-state index in [0.29, 0.717) is 5.02 Å². The number of hydrogen-bond acceptors (Lipinski definition) is 3. The number of carbonyl (C=O) groups is 2. The number of anilines is 1. The van der Waals surface area contributed by atoms with Crippen molar-refractivity contribution in [1.29, 1.82) is 0 Å². The van der Waals surface area contributed by atoms with Crippen molar-refractivity contribution in [2.45, 2.75) is 12.1 Å². The molecule has 0 spiro atoms. The Morgan fingerprint density at radius 3 is 2.27 bits per heavy atom. The lowest BCUT2D eigenvalue weighted by atomic mass is 9.99. The molecule has 1 fully saturated rings. The zero-order valence-electron chi connectivity index (χ0n) is 18.1. The van der Waals surface area contributed by atoms with Crippen molar-refractivity contribution in [2.75, 3.05) is 19.0 Å². The molecule has 0 aromatic heterocycles. The zero-order chi connectivity index (χ0) is 23.5. The Labute approximate surface area is 196 Å². The van der Waals surface area contributed by atoms with E-state index in [1.165, 1.54) is 24.3 Å². The maximum absolute atomic E-state index is 13.2. The van der Waals surface area contributed by atoms with Gasteiger partial charge in [-0.1, -0.05) is 23.7 Å². The highest BCUT2D eigenvalue weighted by Gasteiger charge is 2.47. The van der Waals surface area contributed by atoms with E-state index in [-0.39, 0.29) is 11.5 Å². The molecule has 3 aromatic rings. The largest absolute Gasteiger partial charge is 0.378 e. The summed E-state index contributed by atoms with van der Waals surface area (Å²) in [7, 11) is 3.93. The maximum Gasteiger partial charge on any atom is 0.304 e. The topological polar surface area (TPSA) is 64.5 Å². The number of nitrogens with zero attached hydrogens (tertiary/aromatic N) is 2. The summed E-state index contributed by atoms with van der Waals surface area (Å²) < 4.78 is 14.9. The van der Waals surface area contributed by atoms with Crippen molar-refractivity contribution < 1.29 is 18.7 Å². The molecule has 2 amide bonds. The van der Waals surface area contributed by atoms with Gasteiger partial charge in [0.2, 0.25) is 12.3 Å². The standard InChI is InChI=1S/C25H22ClFN4O2/c1-30(2)21-13-3-16(4-14-21)15-31-23(17-5-9-19(26)10-6-17)22(25(33)29-31)28-24(32)18-7-11-20(27)12-8-18/h3-15,22-23H,1-2H3,(H-,28,29,32,33)/p+1/t22-,23-/m0/s1. The van der Waals surface area contributed by atoms with Crippen LogP contribution in [0.1, 0.15) is 27.5 Å². The van der Waals surface area contributed by atoms with Crippen LogP contribution in [0.25, 0.3) is 0 Å². The van der Waals surface area contributed by atoms with Crippen LogP contribution in [-0.2, 0) is 4.79 Å².